The molecule has 2 nitrogen and oxygen atoms in total. The van der Waals surface area contributed by atoms with Gasteiger partial charge in [-0.1, -0.05) is 40.2 Å². The lowest BCUT2D eigenvalue weighted by molar-refractivity contribution is 0.494. The van der Waals surface area contributed by atoms with Gasteiger partial charge in [-0.2, -0.15) is 5.26 Å². The molecule has 0 heterocycles. The third-order valence-corrected chi connectivity index (χ3v) is 3.94. The minimum atomic E-state index is 0.237. The molecule has 0 bridgehead atoms. The Morgan fingerprint density at radius 2 is 1.35 bits per heavy atom. The van der Waals surface area contributed by atoms with Crippen molar-refractivity contribution in [3.8, 4) is 6.07 Å². The molecule has 0 aromatic heterocycles. The summed E-state index contributed by atoms with van der Waals surface area (Å²) in [6.07, 6.45) is 0. The molecule has 0 spiro atoms. The smallest absolute Gasteiger partial charge is 0.0991 e. The molecule has 0 amide bonds. The Morgan fingerprint density at radius 3 is 1.80 bits per heavy atom. The SMILES string of the molecule is CC(NC(C)c1ccc(C#N)cc1)c1ccc(Br)cc1. The Kier molecular flexibility index (Phi) is 4.94. The van der Waals surface area contributed by atoms with Crippen LogP contribution in [0.4, 0.5) is 0 Å². The fourth-order valence-electron chi connectivity index (χ4n) is 2.17. The molecule has 0 aliphatic heterocycles. The van der Waals surface area contributed by atoms with E-state index in [1.807, 2.05) is 24.3 Å². The van der Waals surface area contributed by atoms with E-state index >= 15 is 0 Å². The molecule has 2 atom stereocenters. The number of hydrogen-bond acceptors (Lipinski definition) is 2. The molecule has 2 rings (SSSR count). The Balaban J connectivity index is 2.04. The van der Waals surface area contributed by atoms with Crippen molar-refractivity contribution >= 4 is 15.9 Å². The van der Waals surface area contributed by atoms with Crippen molar-refractivity contribution < 1.29 is 0 Å². The van der Waals surface area contributed by atoms with E-state index in [0.29, 0.717) is 5.56 Å². The van der Waals surface area contributed by atoms with E-state index in [-0.39, 0.29) is 12.1 Å². The van der Waals surface area contributed by atoms with Crippen molar-refractivity contribution in [2.75, 3.05) is 0 Å². The maximum Gasteiger partial charge on any atom is 0.0991 e. The van der Waals surface area contributed by atoms with Crippen molar-refractivity contribution in [1.82, 2.24) is 5.32 Å². The van der Waals surface area contributed by atoms with Crippen molar-refractivity contribution in [3.05, 3.63) is 69.7 Å². The number of rotatable bonds is 4. The fourth-order valence-corrected chi connectivity index (χ4v) is 2.43. The zero-order valence-electron chi connectivity index (χ0n) is 11.6. The number of hydrogen-bond donors (Lipinski definition) is 1. The standard InChI is InChI=1S/C17H17BrN2/c1-12(15-5-3-14(11-19)4-6-15)20-13(2)16-7-9-17(18)10-8-16/h3-10,12-13,20H,1-2H3. The molecular formula is C17H17BrN2. The van der Waals surface area contributed by atoms with Gasteiger partial charge in [0.15, 0.2) is 0 Å². The summed E-state index contributed by atoms with van der Waals surface area (Å²) in [5.74, 6) is 0. The highest BCUT2D eigenvalue weighted by molar-refractivity contribution is 9.10. The second-order valence-electron chi connectivity index (χ2n) is 4.90. The molecule has 0 aliphatic carbocycles. The van der Waals surface area contributed by atoms with Gasteiger partial charge in [0.2, 0.25) is 0 Å². The van der Waals surface area contributed by atoms with Crippen molar-refractivity contribution in [2.24, 2.45) is 0 Å². The van der Waals surface area contributed by atoms with Gasteiger partial charge in [-0.15, -0.1) is 0 Å². The van der Waals surface area contributed by atoms with Crippen LogP contribution in [-0.4, -0.2) is 0 Å². The van der Waals surface area contributed by atoms with Crippen LogP contribution in [0.25, 0.3) is 0 Å². The first-order valence-electron chi connectivity index (χ1n) is 6.61. The molecule has 0 aliphatic rings. The van der Waals surface area contributed by atoms with Gasteiger partial charge in [0.25, 0.3) is 0 Å². The monoisotopic (exact) mass is 328 g/mol. The molecule has 2 aromatic rings. The van der Waals surface area contributed by atoms with Crippen LogP contribution in [0.1, 0.15) is 42.6 Å². The lowest BCUT2D eigenvalue weighted by atomic mass is 10.0. The van der Waals surface area contributed by atoms with E-state index in [1.165, 1.54) is 11.1 Å². The Morgan fingerprint density at radius 1 is 0.900 bits per heavy atom. The van der Waals surface area contributed by atoms with Crippen molar-refractivity contribution in [2.45, 2.75) is 25.9 Å². The Labute approximate surface area is 128 Å². The van der Waals surface area contributed by atoms with Crippen LogP contribution in [-0.2, 0) is 0 Å². The number of nitriles is 1. The molecule has 3 heteroatoms. The maximum atomic E-state index is 8.81. The van der Waals surface area contributed by atoms with E-state index in [4.69, 9.17) is 5.26 Å². The number of benzene rings is 2. The largest absolute Gasteiger partial charge is 0.304 e. The summed E-state index contributed by atoms with van der Waals surface area (Å²) in [4.78, 5) is 0. The Hall–Kier alpha value is -1.63. The molecule has 0 saturated heterocycles. The van der Waals surface area contributed by atoms with Crippen LogP contribution in [0.15, 0.2) is 53.0 Å². The van der Waals surface area contributed by atoms with Gasteiger partial charge < -0.3 is 5.32 Å². The molecular weight excluding hydrogens is 312 g/mol. The van der Waals surface area contributed by atoms with Crippen LogP contribution in [0.5, 0.6) is 0 Å². The van der Waals surface area contributed by atoms with E-state index in [1.54, 1.807) is 0 Å². The highest BCUT2D eigenvalue weighted by atomic mass is 79.9. The second-order valence-corrected chi connectivity index (χ2v) is 5.81. The quantitative estimate of drug-likeness (QED) is 0.880. The molecule has 0 fully saturated rings. The first-order chi connectivity index (χ1) is 9.60. The molecule has 102 valence electrons. The van der Waals surface area contributed by atoms with Gasteiger partial charge in [-0.05, 0) is 49.2 Å². The van der Waals surface area contributed by atoms with Crippen LogP contribution in [0.3, 0.4) is 0 Å². The Bertz CT molecular complexity index is 596. The van der Waals surface area contributed by atoms with Crippen molar-refractivity contribution in [1.29, 1.82) is 5.26 Å². The fraction of sp³-hybridized carbons (Fsp3) is 0.235. The molecule has 0 saturated carbocycles. The topological polar surface area (TPSA) is 35.8 Å². The van der Waals surface area contributed by atoms with Crippen LogP contribution < -0.4 is 5.32 Å². The van der Waals surface area contributed by atoms with Gasteiger partial charge >= 0.3 is 0 Å². The molecule has 1 N–H and O–H groups in total. The predicted molar refractivity (Wildman–Crippen MR) is 85.3 cm³/mol. The van der Waals surface area contributed by atoms with Crippen LogP contribution in [0.2, 0.25) is 0 Å². The first-order valence-corrected chi connectivity index (χ1v) is 7.41. The predicted octanol–water partition coefficient (Wildman–Crippen LogP) is 4.73. The lowest BCUT2D eigenvalue weighted by Gasteiger charge is -2.21. The van der Waals surface area contributed by atoms with E-state index in [0.717, 1.165) is 4.47 Å². The zero-order chi connectivity index (χ0) is 14.5. The average molecular weight is 329 g/mol. The third kappa shape index (κ3) is 3.69. The number of nitrogens with one attached hydrogen (secondary N) is 1. The minimum absolute atomic E-state index is 0.237. The van der Waals surface area contributed by atoms with E-state index < -0.39 is 0 Å². The highest BCUT2D eigenvalue weighted by Crippen LogP contribution is 2.21. The summed E-state index contributed by atoms with van der Waals surface area (Å²) < 4.78 is 1.09. The summed E-state index contributed by atoms with van der Waals surface area (Å²) in [6, 6.07) is 18.7. The first kappa shape index (κ1) is 14.8. The average Bonchev–Trinajstić information content (AvgIpc) is 2.48. The maximum absolute atomic E-state index is 8.81. The summed E-state index contributed by atoms with van der Waals surface area (Å²) in [5.41, 5.74) is 3.14. The third-order valence-electron chi connectivity index (χ3n) is 3.41. The molecule has 2 aromatic carbocycles. The number of halogens is 1. The van der Waals surface area contributed by atoms with Gasteiger partial charge in [-0.25, -0.2) is 0 Å². The van der Waals surface area contributed by atoms with Gasteiger partial charge in [0, 0.05) is 16.6 Å². The van der Waals surface area contributed by atoms with Gasteiger partial charge in [0.05, 0.1) is 11.6 Å². The van der Waals surface area contributed by atoms with E-state index in [2.05, 4.69) is 65.4 Å². The van der Waals surface area contributed by atoms with Crippen LogP contribution >= 0.6 is 15.9 Å². The summed E-state index contributed by atoms with van der Waals surface area (Å²) in [7, 11) is 0. The minimum Gasteiger partial charge on any atom is -0.304 e. The van der Waals surface area contributed by atoms with E-state index in [9.17, 15) is 0 Å². The van der Waals surface area contributed by atoms with Crippen molar-refractivity contribution in [3.63, 3.8) is 0 Å². The number of nitrogens with zero attached hydrogens (tertiary/aromatic N) is 1. The molecule has 20 heavy (non-hydrogen) atoms. The summed E-state index contributed by atoms with van der Waals surface area (Å²) in [5, 5.41) is 12.4. The normalized spacial score (nSPS) is 13.5. The zero-order valence-corrected chi connectivity index (χ0v) is 13.2. The molecule has 2 unspecified atom stereocenters. The second kappa shape index (κ2) is 6.69. The van der Waals surface area contributed by atoms with Gasteiger partial charge in [0.1, 0.15) is 0 Å². The lowest BCUT2D eigenvalue weighted by Crippen LogP contribution is -2.22. The molecule has 0 radical (unpaired) electrons. The van der Waals surface area contributed by atoms with Crippen LogP contribution in [0, 0.1) is 11.3 Å². The summed E-state index contributed by atoms with van der Waals surface area (Å²) >= 11 is 3.45. The highest BCUT2D eigenvalue weighted by Gasteiger charge is 2.11. The van der Waals surface area contributed by atoms with Gasteiger partial charge in [-0.3, -0.25) is 0 Å². The summed E-state index contributed by atoms with van der Waals surface area (Å²) in [6.45, 7) is 4.29.